The second-order valence-corrected chi connectivity index (χ2v) is 6.21. The SMILES string of the molecule is CCN(C(=O)n1nnn(-c2ccsc2)c1=O)C1CCCCC1. The number of amides is 1. The van der Waals surface area contributed by atoms with Gasteiger partial charge >= 0.3 is 11.7 Å². The van der Waals surface area contributed by atoms with Gasteiger partial charge in [-0.15, -0.1) is 4.68 Å². The Morgan fingerprint density at radius 1 is 1.36 bits per heavy atom. The molecule has 2 heterocycles. The maximum Gasteiger partial charge on any atom is 0.377 e. The lowest BCUT2D eigenvalue weighted by molar-refractivity contribution is 0.157. The molecule has 3 rings (SSSR count). The van der Waals surface area contributed by atoms with E-state index >= 15 is 0 Å². The molecule has 118 valence electrons. The molecule has 0 atom stereocenters. The van der Waals surface area contributed by atoms with E-state index < -0.39 is 5.69 Å². The molecular formula is C14H19N5O2S. The third kappa shape index (κ3) is 2.70. The third-order valence-corrected chi connectivity index (χ3v) is 4.79. The minimum Gasteiger partial charge on any atom is -0.320 e. The molecule has 1 aliphatic carbocycles. The molecule has 1 saturated carbocycles. The van der Waals surface area contributed by atoms with Gasteiger partial charge in [0.05, 0.1) is 5.69 Å². The van der Waals surface area contributed by atoms with Crippen molar-refractivity contribution in [2.45, 2.75) is 45.1 Å². The van der Waals surface area contributed by atoms with Gasteiger partial charge in [0.1, 0.15) is 0 Å². The summed E-state index contributed by atoms with van der Waals surface area (Å²) in [6.07, 6.45) is 5.46. The van der Waals surface area contributed by atoms with Gasteiger partial charge in [0.2, 0.25) is 0 Å². The number of carbonyl (C=O) groups is 1. The van der Waals surface area contributed by atoms with Crippen molar-refractivity contribution in [1.82, 2.24) is 24.7 Å². The van der Waals surface area contributed by atoms with Crippen molar-refractivity contribution >= 4 is 17.4 Å². The fraction of sp³-hybridized carbons (Fsp3) is 0.571. The summed E-state index contributed by atoms with van der Waals surface area (Å²) < 4.78 is 2.03. The van der Waals surface area contributed by atoms with Gasteiger partial charge in [-0.25, -0.2) is 9.59 Å². The van der Waals surface area contributed by atoms with E-state index in [1.165, 1.54) is 17.8 Å². The van der Waals surface area contributed by atoms with Crippen LogP contribution in [0.15, 0.2) is 21.6 Å². The summed E-state index contributed by atoms with van der Waals surface area (Å²) in [6.45, 7) is 2.50. The monoisotopic (exact) mass is 321 g/mol. The van der Waals surface area contributed by atoms with Crippen molar-refractivity contribution in [2.24, 2.45) is 0 Å². The molecule has 0 aromatic carbocycles. The number of rotatable bonds is 3. The topological polar surface area (TPSA) is 73.0 Å². The Morgan fingerprint density at radius 3 is 2.77 bits per heavy atom. The molecular weight excluding hydrogens is 302 g/mol. The fourth-order valence-electron chi connectivity index (χ4n) is 2.97. The summed E-state index contributed by atoms with van der Waals surface area (Å²) in [5, 5.41) is 11.2. The fourth-order valence-corrected chi connectivity index (χ4v) is 3.58. The highest BCUT2D eigenvalue weighted by Gasteiger charge is 2.27. The van der Waals surface area contributed by atoms with Crippen LogP contribution in [0.1, 0.15) is 39.0 Å². The standard InChI is InChI=1S/C14H19N5O2S/c1-2-17(11-6-4-3-5-7-11)13(20)19-14(21)18(15-16-19)12-8-9-22-10-12/h8-11H,2-7H2,1H3. The summed E-state index contributed by atoms with van der Waals surface area (Å²) in [5.41, 5.74) is 0.118. The molecule has 7 nitrogen and oxygen atoms in total. The number of hydrogen-bond donors (Lipinski definition) is 0. The molecule has 2 aromatic rings. The lowest BCUT2D eigenvalue weighted by atomic mass is 9.94. The highest BCUT2D eigenvalue weighted by molar-refractivity contribution is 7.08. The van der Waals surface area contributed by atoms with Crippen molar-refractivity contribution in [1.29, 1.82) is 0 Å². The van der Waals surface area contributed by atoms with Gasteiger partial charge in [-0.1, -0.05) is 19.3 Å². The first kappa shape index (κ1) is 15.0. The zero-order valence-corrected chi connectivity index (χ0v) is 13.3. The van der Waals surface area contributed by atoms with E-state index in [9.17, 15) is 9.59 Å². The summed E-state index contributed by atoms with van der Waals surface area (Å²) >= 11 is 1.46. The predicted octanol–water partition coefficient (Wildman–Crippen LogP) is 2.11. The molecule has 0 unspecified atom stereocenters. The Kier molecular flexibility index (Phi) is 4.37. The molecule has 8 heteroatoms. The molecule has 2 aromatic heterocycles. The van der Waals surface area contributed by atoms with E-state index in [1.54, 1.807) is 16.3 Å². The van der Waals surface area contributed by atoms with Gasteiger partial charge < -0.3 is 4.90 Å². The Balaban J connectivity index is 1.86. The number of nitrogens with zero attached hydrogens (tertiary/aromatic N) is 5. The largest absolute Gasteiger partial charge is 0.377 e. The van der Waals surface area contributed by atoms with Crippen LogP contribution in [-0.4, -0.2) is 43.3 Å². The maximum atomic E-state index is 12.7. The second kappa shape index (κ2) is 6.43. The number of thiophene rings is 1. The zero-order chi connectivity index (χ0) is 15.5. The van der Waals surface area contributed by atoms with Gasteiger partial charge in [0.25, 0.3) is 0 Å². The minimum atomic E-state index is -0.516. The van der Waals surface area contributed by atoms with Crippen LogP contribution < -0.4 is 5.69 Å². The van der Waals surface area contributed by atoms with Crippen LogP contribution in [0.3, 0.4) is 0 Å². The van der Waals surface area contributed by atoms with Crippen LogP contribution in [0.25, 0.3) is 5.69 Å². The molecule has 1 aliphatic rings. The molecule has 0 N–H and O–H groups in total. The first-order valence-electron chi connectivity index (χ1n) is 7.61. The summed E-state index contributed by atoms with van der Waals surface area (Å²) in [4.78, 5) is 26.8. The summed E-state index contributed by atoms with van der Waals surface area (Å²) in [5.74, 6) is 0. The molecule has 0 bridgehead atoms. The van der Waals surface area contributed by atoms with Crippen molar-refractivity contribution in [3.8, 4) is 5.69 Å². The number of aromatic nitrogens is 4. The first-order valence-corrected chi connectivity index (χ1v) is 8.55. The minimum absolute atomic E-state index is 0.199. The number of hydrogen-bond acceptors (Lipinski definition) is 5. The molecule has 0 spiro atoms. The van der Waals surface area contributed by atoms with E-state index in [0.29, 0.717) is 12.2 Å². The zero-order valence-electron chi connectivity index (χ0n) is 12.5. The van der Waals surface area contributed by atoms with Gasteiger partial charge in [-0.2, -0.15) is 16.0 Å². The normalized spacial score (nSPS) is 15.9. The van der Waals surface area contributed by atoms with Gasteiger partial charge in [-0.3, -0.25) is 0 Å². The Bertz CT molecular complexity index is 684. The first-order chi connectivity index (χ1) is 10.7. The van der Waals surface area contributed by atoms with E-state index in [4.69, 9.17) is 0 Å². The quantitative estimate of drug-likeness (QED) is 0.812. The third-order valence-electron chi connectivity index (χ3n) is 4.12. The van der Waals surface area contributed by atoms with E-state index in [2.05, 4.69) is 10.4 Å². The average Bonchev–Trinajstić information content (AvgIpc) is 3.18. The van der Waals surface area contributed by atoms with Gasteiger partial charge in [0.15, 0.2) is 0 Å². The Hall–Kier alpha value is -1.96. The highest BCUT2D eigenvalue weighted by Crippen LogP contribution is 2.22. The molecule has 0 aliphatic heterocycles. The van der Waals surface area contributed by atoms with Crippen LogP contribution in [0.4, 0.5) is 4.79 Å². The van der Waals surface area contributed by atoms with Crippen LogP contribution in [-0.2, 0) is 0 Å². The average molecular weight is 321 g/mol. The molecule has 0 radical (unpaired) electrons. The van der Waals surface area contributed by atoms with Crippen LogP contribution in [0, 0.1) is 0 Å². The lowest BCUT2D eigenvalue weighted by Gasteiger charge is -2.32. The van der Waals surface area contributed by atoms with Gasteiger partial charge in [-0.05, 0) is 41.6 Å². The van der Waals surface area contributed by atoms with E-state index in [1.807, 2.05) is 12.3 Å². The van der Waals surface area contributed by atoms with E-state index in [-0.39, 0.29) is 12.1 Å². The number of tetrazole rings is 1. The summed E-state index contributed by atoms with van der Waals surface area (Å²) in [7, 11) is 0. The molecule has 1 fully saturated rings. The molecule has 0 saturated heterocycles. The van der Waals surface area contributed by atoms with Crippen LogP contribution in [0.2, 0.25) is 0 Å². The highest BCUT2D eigenvalue weighted by atomic mass is 32.1. The van der Waals surface area contributed by atoms with Crippen LogP contribution in [0.5, 0.6) is 0 Å². The molecule has 22 heavy (non-hydrogen) atoms. The van der Waals surface area contributed by atoms with Crippen molar-refractivity contribution in [2.75, 3.05) is 6.54 Å². The second-order valence-electron chi connectivity index (χ2n) is 5.43. The van der Waals surface area contributed by atoms with Crippen molar-refractivity contribution in [3.05, 3.63) is 27.3 Å². The predicted molar refractivity (Wildman–Crippen MR) is 83.5 cm³/mol. The summed E-state index contributed by atoms with van der Waals surface area (Å²) in [6, 6.07) is 1.60. The van der Waals surface area contributed by atoms with Gasteiger partial charge in [0, 0.05) is 18.0 Å². The maximum absolute atomic E-state index is 12.7. The smallest absolute Gasteiger partial charge is 0.320 e. The Labute approximate surface area is 132 Å². The lowest BCUT2D eigenvalue weighted by Crippen LogP contribution is -2.46. The van der Waals surface area contributed by atoms with Crippen molar-refractivity contribution in [3.63, 3.8) is 0 Å². The van der Waals surface area contributed by atoms with Crippen molar-refractivity contribution < 1.29 is 4.79 Å². The molecule has 1 amide bonds. The van der Waals surface area contributed by atoms with Crippen LogP contribution >= 0.6 is 11.3 Å². The Morgan fingerprint density at radius 2 is 2.14 bits per heavy atom. The van der Waals surface area contributed by atoms with E-state index in [0.717, 1.165) is 35.0 Å². The number of carbonyl (C=O) groups excluding carboxylic acids is 1.